The largest absolute Gasteiger partial charge is 0.336 e. The highest BCUT2D eigenvalue weighted by Gasteiger charge is 2.17. The molecule has 2 aromatic rings. The van der Waals surface area contributed by atoms with Crippen LogP contribution in [0.5, 0.6) is 0 Å². The summed E-state index contributed by atoms with van der Waals surface area (Å²) in [5, 5.41) is 0. The van der Waals surface area contributed by atoms with Gasteiger partial charge in [0.1, 0.15) is 11.6 Å². The first-order valence-corrected chi connectivity index (χ1v) is 6.07. The zero-order chi connectivity index (χ0) is 13.3. The van der Waals surface area contributed by atoms with Crippen molar-refractivity contribution in [2.75, 3.05) is 0 Å². The number of ketones is 1. The first-order valence-electron chi connectivity index (χ1n) is 5.28. The molecule has 0 amide bonds. The van der Waals surface area contributed by atoms with Gasteiger partial charge in [-0.3, -0.25) is 4.79 Å². The van der Waals surface area contributed by atoms with Gasteiger partial charge in [0.25, 0.3) is 0 Å². The van der Waals surface area contributed by atoms with E-state index in [4.69, 9.17) is 0 Å². The molecule has 1 aromatic heterocycles. The van der Waals surface area contributed by atoms with Gasteiger partial charge in [0.15, 0.2) is 5.78 Å². The van der Waals surface area contributed by atoms with Crippen LogP contribution in [-0.4, -0.2) is 10.4 Å². The molecule has 0 spiro atoms. The average Bonchev–Trinajstić information content (AvgIpc) is 2.65. The molecule has 2 rings (SSSR count). The number of nitrogens with zero attached hydrogens (tertiary/aromatic N) is 1. The summed E-state index contributed by atoms with van der Waals surface area (Å²) in [6.45, 7) is 0. The molecule has 0 saturated heterocycles. The Morgan fingerprint density at radius 3 is 2.33 bits per heavy atom. The summed E-state index contributed by atoms with van der Waals surface area (Å²) in [4.78, 5) is 12.0. The minimum atomic E-state index is -0.698. The van der Waals surface area contributed by atoms with E-state index in [1.165, 1.54) is 6.07 Å². The van der Waals surface area contributed by atoms with E-state index < -0.39 is 11.6 Å². The summed E-state index contributed by atoms with van der Waals surface area (Å²) in [7, 11) is 1.70. The number of hydrogen-bond donors (Lipinski definition) is 0. The molecular formula is C13H10BrF2NO. The lowest BCUT2D eigenvalue weighted by Crippen LogP contribution is -2.11. The summed E-state index contributed by atoms with van der Waals surface area (Å²) >= 11 is 3.26. The van der Waals surface area contributed by atoms with Gasteiger partial charge in [-0.05, 0) is 40.2 Å². The van der Waals surface area contributed by atoms with Crippen LogP contribution >= 0.6 is 15.9 Å². The summed E-state index contributed by atoms with van der Waals surface area (Å²) in [6, 6.07) is 6.90. The van der Waals surface area contributed by atoms with Gasteiger partial charge in [0.05, 0.1) is 10.3 Å². The minimum absolute atomic E-state index is 0.195. The zero-order valence-electron chi connectivity index (χ0n) is 9.58. The lowest BCUT2D eigenvalue weighted by Gasteiger charge is -2.06. The second-order valence-electron chi connectivity index (χ2n) is 3.90. The molecular weight excluding hydrogens is 304 g/mol. The predicted molar refractivity (Wildman–Crippen MR) is 67.5 cm³/mol. The molecule has 1 heterocycles. The van der Waals surface area contributed by atoms with Crippen LogP contribution in [-0.2, 0) is 13.5 Å². The molecule has 2 nitrogen and oxygen atoms in total. The molecule has 0 aliphatic heterocycles. The molecule has 18 heavy (non-hydrogen) atoms. The third kappa shape index (κ3) is 2.36. The van der Waals surface area contributed by atoms with E-state index in [0.717, 1.165) is 16.7 Å². The third-order valence-electron chi connectivity index (χ3n) is 2.75. The van der Waals surface area contributed by atoms with Crippen LogP contribution in [0, 0.1) is 11.6 Å². The van der Waals surface area contributed by atoms with Crippen molar-refractivity contribution in [2.45, 2.75) is 6.42 Å². The van der Waals surface area contributed by atoms with E-state index in [1.54, 1.807) is 23.7 Å². The van der Waals surface area contributed by atoms with E-state index in [9.17, 15) is 13.6 Å². The van der Waals surface area contributed by atoms with Gasteiger partial charge < -0.3 is 4.57 Å². The quantitative estimate of drug-likeness (QED) is 0.795. The third-order valence-corrected chi connectivity index (χ3v) is 3.54. The van der Waals surface area contributed by atoms with Gasteiger partial charge >= 0.3 is 0 Å². The van der Waals surface area contributed by atoms with Crippen molar-refractivity contribution in [3.63, 3.8) is 0 Å². The maximum atomic E-state index is 13.4. The van der Waals surface area contributed by atoms with Crippen molar-refractivity contribution >= 4 is 21.7 Å². The second kappa shape index (κ2) is 5.02. The van der Waals surface area contributed by atoms with Crippen molar-refractivity contribution in [3.05, 3.63) is 57.8 Å². The molecule has 0 atom stereocenters. The van der Waals surface area contributed by atoms with Gasteiger partial charge in [-0.2, -0.15) is 0 Å². The Morgan fingerprint density at radius 2 is 1.83 bits per heavy atom. The van der Waals surface area contributed by atoms with Crippen LogP contribution in [0.15, 0.2) is 34.9 Å². The Labute approximate surface area is 111 Å². The van der Waals surface area contributed by atoms with Crippen molar-refractivity contribution < 1.29 is 13.6 Å². The Morgan fingerprint density at radius 1 is 1.22 bits per heavy atom. The van der Waals surface area contributed by atoms with Crippen LogP contribution in [0.3, 0.4) is 0 Å². The molecule has 0 unspecified atom stereocenters. The SMILES string of the molecule is Cn1c(Br)ccc1C(=O)Cc1c(F)cccc1F. The van der Waals surface area contributed by atoms with Gasteiger partial charge in [0, 0.05) is 19.0 Å². The lowest BCUT2D eigenvalue weighted by molar-refractivity contribution is 0.0982. The molecule has 0 saturated carbocycles. The Balaban J connectivity index is 2.30. The molecule has 1 aromatic carbocycles. The van der Waals surface area contributed by atoms with Crippen molar-refractivity contribution in [3.8, 4) is 0 Å². The fourth-order valence-electron chi connectivity index (χ4n) is 1.72. The van der Waals surface area contributed by atoms with E-state index in [0.29, 0.717) is 5.69 Å². The van der Waals surface area contributed by atoms with Crippen LogP contribution < -0.4 is 0 Å². The number of hydrogen-bond acceptors (Lipinski definition) is 1. The average molecular weight is 314 g/mol. The fourth-order valence-corrected chi connectivity index (χ4v) is 2.04. The van der Waals surface area contributed by atoms with Crippen LogP contribution in [0.1, 0.15) is 16.1 Å². The molecule has 0 aliphatic rings. The first-order chi connectivity index (χ1) is 8.50. The van der Waals surface area contributed by atoms with Crippen molar-refractivity contribution in [1.82, 2.24) is 4.57 Å². The Bertz CT molecular complexity index is 587. The Kier molecular flexibility index (Phi) is 3.61. The molecule has 0 fully saturated rings. The van der Waals surface area contributed by atoms with E-state index in [-0.39, 0.29) is 17.8 Å². The maximum Gasteiger partial charge on any atom is 0.183 e. The molecule has 94 valence electrons. The summed E-state index contributed by atoms with van der Waals surface area (Å²) in [6.07, 6.45) is -0.289. The number of aromatic nitrogens is 1. The van der Waals surface area contributed by atoms with Gasteiger partial charge in [-0.1, -0.05) is 6.07 Å². The zero-order valence-corrected chi connectivity index (χ0v) is 11.2. The number of benzene rings is 1. The molecule has 0 N–H and O–H groups in total. The van der Waals surface area contributed by atoms with Gasteiger partial charge in [-0.15, -0.1) is 0 Å². The molecule has 0 aliphatic carbocycles. The van der Waals surface area contributed by atoms with E-state index in [1.807, 2.05) is 0 Å². The number of Topliss-reactive ketones (excluding diaryl/α,β-unsaturated/α-hetero) is 1. The topological polar surface area (TPSA) is 22.0 Å². The molecule has 5 heteroatoms. The molecule has 0 bridgehead atoms. The summed E-state index contributed by atoms with van der Waals surface area (Å²) in [5.74, 6) is -1.72. The standard InChI is InChI=1S/C13H10BrF2NO/c1-17-11(5-6-13(17)14)12(18)7-8-9(15)3-2-4-10(8)16/h2-6H,7H2,1H3. The number of halogens is 3. The summed E-state index contributed by atoms with van der Waals surface area (Å²) in [5.41, 5.74) is 0.212. The summed E-state index contributed by atoms with van der Waals surface area (Å²) < 4.78 is 29.2. The van der Waals surface area contributed by atoms with Gasteiger partial charge in [0.2, 0.25) is 0 Å². The number of rotatable bonds is 3. The highest BCUT2D eigenvalue weighted by atomic mass is 79.9. The monoisotopic (exact) mass is 313 g/mol. The second-order valence-corrected chi connectivity index (χ2v) is 4.71. The normalized spacial score (nSPS) is 10.7. The van der Waals surface area contributed by atoms with E-state index in [2.05, 4.69) is 15.9 Å². The van der Waals surface area contributed by atoms with Crippen molar-refractivity contribution in [1.29, 1.82) is 0 Å². The van der Waals surface area contributed by atoms with Crippen molar-refractivity contribution in [2.24, 2.45) is 7.05 Å². The van der Waals surface area contributed by atoms with Crippen LogP contribution in [0.25, 0.3) is 0 Å². The van der Waals surface area contributed by atoms with Crippen LogP contribution in [0.2, 0.25) is 0 Å². The minimum Gasteiger partial charge on any atom is -0.336 e. The number of carbonyl (C=O) groups excluding carboxylic acids is 1. The van der Waals surface area contributed by atoms with E-state index >= 15 is 0 Å². The lowest BCUT2D eigenvalue weighted by atomic mass is 10.1. The number of carbonyl (C=O) groups is 1. The predicted octanol–water partition coefficient (Wildman–Crippen LogP) is 3.49. The first kappa shape index (κ1) is 13.0. The maximum absolute atomic E-state index is 13.4. The highest BCUT2D eigenvalue weighted by molar-refractivity contribution is 9.10. The fraction of sp³-hybridized carbons (Fsp3) is 0.154. The van der Waals surface area contributed by atoms with Gasteiger partial charge in [-0.25, -0.2) is 8.78 Å². The smallest absolute Gasteiger partial charge is 0.183 e. The Hall–Kier alpha value is -1.49. The highest BCUT2D eigenvalue weighted by Crippen LogP contribution is 2.18. The van der Waals surface area contributed by atoms with Crippen LogP contribution in [0.4, 0.5) is 8.78 Å². The molecule has 0 radical (unpaired) electrons.